The minimum atomic E-state index is 0.294. The van der Waals surface area contributed by atoms with Crippen molar-refractivity contribution in [3.63, 3.8) is 0 Å². The van der Waals surface area contributed by atoms with Gasteiger partial charge in [0.25, 0.3) is 0 Å². The summed E-state index contributed by atoms with van der Waals surface area (Å²) in [4.78, 5) is 11.0. The molecule has 92 valence electrons. The summed E-state index contributed by atoms with van der Waals surface area (Å²) in [5, 5.41) is 6.50. The van der Waals surface area contributed by atoms with Crippen molar-refractivity contribution in [2.75, 3.05) is 14.1 Å². The maximum absolute atomic E-state index is 11.0. The highest BCUT2D eigenvalue weighted by Gasteiger charge is 2.26. The van der Waals surface area contributed by atoms with Gasteiger partial charge in [-0.1, -0.05) is 13.3 Å². The lowest BCUT2D eigenvalue weighted by Crippen LogP contribution is -2.29. The Labute approximate surface area is 98.9 Å². The van der Waals surface area contributed by atoms with Gasteiger partial charge in [0.1, 0.15) is 5.78 Å². The van der Waals surface area contributed by atoms with Crippen LogP contribution in [0, 0.1) is 11.8 Å². The first-order valence-corrected chi connectivity index (χ1v) is 6.26. The highest BCUT2D eigenvalue weighted by molar-refractivity contribution is 5.89. The summed E-state index contributed by atoms with van der Waals surface area (Å²) in [5.74, 6) is 1.39. The lowest BCUT2D eigenvalue weighted by molar-refractivity contribution is -0.117. The van der Waals surface area contributed by atoms with Crippen LogP contribution in [0.3, 0.4) is 0 Å². The minimum Gasteiger partial charge on any atom is -0.303 e. The van der Waals surface area contributed by atoms with Gasteiger partial charge in [-0.2, -0.15) is 5.10 Å². The molecule has 1 aliphatic rings. The van der Waals surface area contributed by atoms with Crippen molar-refractivity contribution >= 4 is 11.5 Å². The molecule has 0 aromatic rings. The molecule has 0 bridgehead atoms. The van der Waals surface area contributed by atoms with Crippen LogP contribution in [-0.4, -0.2) is 30.6 Å². The molecule has 0 amide bonds. The van der Waals surface area contributed by atoms with Crippen molar-refractivity contribution in [3.8, 4) is 0 Å². The van der Waals surface area contributed by atoms with Crippen molar-refractivity contribution in [2.24, 2.45) is 16.9 Å². The van der Waals surface area contributed by atoms with E-state index in [2.05, 4.69) is 12.0 Å². The Balaban J connectivity index is 2.67. The molecular formula is C13H24N2O. The van der Waals surface area contributed by atoms with E-state index < -0.39 is 0 Å². The SMILES string of the molecule is CC(=O)CC[C@H]1CCC[C@H](C)/C1=N/N(C)C. The van der Waals surface area contributed by atoms with Gasteiger partial charge in [0.05, 0.1) is 0 Å². The first-order valence-electron chi connectivity index (χ1n) is 6.26. The summed E-state index contributed by atoms with van der Waals surface area (Å²) in [7, 11) is 3.94. The van der Waals surface area contributed by atoms with Gasteiger partial charge >= 0.3 is 0 Å². The zero-order valence-electron chi connectivity index (χ0n) is 11.0. The smallest absolute Gasteiger partial charge is 0.129 e. The van der Waals surface area contributed by atoms with Crippen LogP contribution in [0.15, 0.2) is 5.10 Å². The Morgan fingerprint density at radius 2 is 2.12 bits per heavy atom. The molecule has 3 nitrogen and oxygen atoms in total. The first kappa shape index (κ1) is 13.2. The number of hydrogen-bond donors (Lipinski definition) is 0. The van der Waals surface area contributed by atoms with E-state index in [0.29, 0.717) is 24.0 Å². The molecule has 0 aromatic heterocycles. The molecule has 0 spiro atoms. The molecular weight excluding hydrogens is 200 g/mol. The van der Waals surface area contributed by atoms with Gasteiger partial charge in [-0.05, 0) is 38.0 Å². The van der Waals surface area contributed by atoms with Crippen LogP contribution >= 0.6 is 0 Å². The molecule has 1 aliphatic carbocycles. The summed E-state index contributed by atoms with van der Waals surface area (Å²) >= 11 is 0. The summed E-state index contributed by atoms with van der Waals surface area (Å²) < 4.78 is 0. The van der Waals surface area contributed by atoms with Crippen molar-refractivity contribution in [1.29, 1.82) is 0 Å². The number of ketones is 1. The molecule has 0 radical (unpaired) electrons. The van der Waals surface area contributed by atoms with E-state index in [-0.39, 0.29) is 0 Å². The van der Waals surface area contributed by atoms with Crippen LogP contribution in [0.1, 0.15) is 46.0 Å². The second kappa shape index (κ2) is 6.02. The summed E-state index contributed by atoms with van der Waals surface area (Å²) in [6.07, 6.45) is 5.39. The predicted octanol–water partition coefficient (Wildman–Crippen LogP) is 2.71. The second-order valence-corrected chi connectivity index (χ2v) is 5.14. The zero-order valence-corrected chi connectivity index (χ0v) is 11.0. The standard InChI is InChI=1S/C13H24N2O/c1-10-6-5-7-12(9-8-11(2)16)13(10)14-15(3)4/h10,12H,5-9H2,1-4H3/b14-13-/t10-,12+/m0/s1. The normalized spacial score (nSPS) is 28.1. The summed E-state index contributed by atoms with van der Waals surface area (Å²) in [5.41, 5.74) is 1.30. The lowest BCUT2D eigenvalue weighted by Gasteiger charge is -2.30. The maximum atomic E-state index is 11.0. The average Bonchev–Trinajstić information content (AvgIpc) is 2.18. The van der Waals surface area contributed by atoms with Crippen molar-refractivity contribution < 1.29 is 4.79 Å². The topological polar surface area (TPSA) is 32.7 Å². The molecule has 0 unspecified atom stereocenters. The van der Waals surface area contributed by atoms with E-state index in [9.17, 15) is 4.79 Å². The van der Waals surface area contributed by atoms with Crippen molar-refractivity contribution in [1.82, 2.24) is 5.01 Å². The van der Waals surface area contributed by atoms with Gasteiger partial charge in [-0.25, -0.2) is 0 Å². The Morgan fingerprint density at radius 1 is 1.44 bits per heavy atom. The number of carbonyl (C=O) groups is 1. The monoisotopic (exact) mass is 224 g/mol. The third kappa shape index (κ3) is 3.95. The molecule has 1 fully saturated rings. The van der Waals surface area contributed by atoms with E-state index in [1.54, 1.807) is 6.92 Å². The van der Waals surface area contributed by atoms with Crippen LogP contribution in [0.4, 0.5) is 0 Å². The van der Waals surface area contributed by atoms with Gasteiger partial charge < -0.3 is 9.80 Å². The Kier molecular flexibility index (Phi) is 4.97. The van der Waals surface area contributed by atoms with Gasteiger partial charge in [0, 0.05) is 26.2 Å². The fourth-order valence-electron chi connectivity index (χ4n) is 2.45. The summed E-state index contributed by atoms with van der Waals surface area (Å²) in [6, 6.07) is 0. The van der Waals surface area contributed by atoms with Crippen molar-refractivity contribution in [3.05, 3.63) is 0 Å². The van der Waals surface area contributed by atoms with Gasteiger partial charge in [0.15, 0.2) is 0 Å². The molecule has 0 aliphatic heterocycles. The Morgan fingerprint density at radius 3 is 2.69 bits per heavy atom. The first-order chi connectivity index (χ1) is 7.50. The Hall–Kier alpha value is -0.860. The number of hydrazone groups is 1. The highest BCUT2D eigenvalue weighted by Crippen LogP contribution is 2.29. The molecule has 0 aromatic carbocycles. The predicted molar refractivity (Wildman–Crippen MR) is 67.5 cm³/mol. The number of rotatable bonds is 4. The van der Waals surface area contributed by atoms with Crippen LogP contribution in [0.2, 0.25) is 0 Å². The number of Topliss-reactive ketones (excluding diaryl/α,β-unsaturated/α-hetero) is 1. The van der Waals surface area contributed by atoms with E-state index in [1.165, 1.54) is 25.0 Å². The van der Waals surface area contributed by atoms with E-state index in [1.807, 2.05) is 19.1 Å². The van der Waals surface area contributed by atoms with Crippen LogP contribution in [0.5, 0.6) is 0 Å². The van der Waals surface area contributed by atoms with E-state index in [4.69, 9.17) is 0 Å². The number of carbonyl (C=O) groups excluding carboxylic acids is 1. The molecule has 2 atom stereocenters. The third-order valence-corrected chi connectivity index (χ3v) is 3.27. The Bertz CT molecular complexity index is 271. The number of hydrogen-bond acceptors (Lipinski definition) is 3. The zero-order chi connectivity index (χ0) is 12.1. The van der Waals surface area contributed by atoms with E-state index >= 15 is 0 Å². The lowest BCUT2D eigenvalue weighted by atomic mass is 9.78. The van der Waals surface area contributed by atoms with Crippen LogP contribution in [0.25, 0.3) is 0 Å². The number of nitrogens with zero attached hydrogens (tertiary/aromatic N) is 2. The minimum absolute atomic E-state index is 0.294. The van der Waals surface area contributed by atoms with Gasteiger partial charge in [0.2, 0.25) is 0 Å². The van der Waals surface area contributed by atoms with Gasteiger partial charge in [-0.15, -0.1) is 0 Å². The quantitative estimate of drug-likeness (QED) is 0.688. The molecule has 3 heteroatoms. The van der Waals surface area contributed by atoms with Gasteiger partial charge in [-0.3, -0.25) is 0 Å². The van der Waals surface area contributed by atoms with Crippen LogP contribution < -0.4 is 0 Å². The van der Waals surface area contributed by atoms with Crippen molar-refractivity contribution in [2.45, 2.75) is 46.0 Å². The molecule has 0 saturated heterocycles. The molecule has 0 heterocycles. The summed E-state index contributed by atoms with van der Waals surface area (Å²) in [6.45, 7) is 3.93. The fraction of sp³-hybridized carbons (Fsp3) is 0.846. The molecule has 0 N–H and O–H groups in total. The maximum Gasteiger partial charge on any atom is 0.129 e. The second-order valence-electron chi connectivity index (χ2n) is 5.14. The average molecular weight is 224 g/mol. The highest BCUT2D eigenvalue weighted by atomic mass is 16.1. The van der Waals surface area contributed by atoms with Crippen LogP contribution in [-0.2, 0) is 4.79 Å². The molecule has 1 saturated carbocycles. The third-order valence-electron chi connectivity index (χ3n) is 3.27. The largest absolute Gasteiger partial charge is 0.303 e. The molecule has 16 heavy (non-hydrogen) atoms. The fourth-order valence-corrected chi connectivity index (χ4v) is 2.45. The van der Waals surface area contributed by atoms with E-state index in [0.717, 1.165) is 6.42 Å². The molecule has 1 rings (SSSR count).